The number of fused-ring (bicyclic) bond motifs is 1. The van der Waals surface area contributed by atoms with Gasteiger partial charge in [-0.05, 0) is 62.9 Å². The van der Waals surface area contributed by atoms with Crippen LogP contribution >= 0.6 is 0 Å². The van der Waals surface area contributed by atoms with E-state index in [1.54, 1.807) is 0 Å². The number of para-hydroxylation sites is 1. The maximum atomic E-state index is 12.8. The summed E-state index contributed by atoms with van der Waals surface area (Å²) in [5, 5.41) is 3.04. The van der Waals surface area contributed by atoms with Crippen molar-refractivity contribution in [1.29, 1.82) is 0 Å². The van der Waals surface area contributed by atoms with Crippen molar-refractivity contribution in [1.82, 2.24) is 20.2 Å². The Morgan fingerprint density at radius 2 is 1.74 bits per heavy atom. The molecule has 2 aliphatic heterocycles. The summed E-state index contributed by atoms with van der Waals surface area (Å²) >= 11 is 0. The molecule has 2 aromatic carbocycles. The van der Waals surface area contributed by atoms with E-state index in [0.717, 1.165) is 60.9 Å². The molecule has 1 atom stereocenters. The standard InChI is InChI=1S/C27H31N5O2/c1-18-15-19(2)30-26(29-18)24-6-4-5-21-16-23(34-25(21)24)17-28-27(33)20-7-9-22(10-8-20)32-13-11-31(3)12-14-32/h4-10,15,23H,11-14,16-17H2,1-3H3,(H,28,33). The van der Waals surface area contributed by atoms with Crippen LogP contribution in [0.4, 0.5) is 5.69 Å². The van der Waals surface area contributed by atoms with Gasteiger partial charge in [0.2, 0.25) is 0 Å². The lowest BCUT2D eigenvalue weighted by atomic mass is 10.1. The van der Waals surface area contributed by atoms with Gasteiger partial charge in [0.05, 0.1) is 12.1 Å². The van der Waals surface area contributed by atoms with Gasteiger partial charge in [-0.15, -0.1) is 0 Å². The number of hydrogen-bond donors (Lipinski definition) is 1. The van der Waals surface area contributed by atoms with Crippen LogP contribution in [0.2, 0.25) is 0 Å². The second-order valence-corrected chi connectivity index (χ2v) is 9.26. The van der Waals surface area contributed by atoms with Crippen LogP contribution in [0.1, 0.15) is 27.3 Å². The number of hydrogen-bond acceptors (Lipinski definition) is 6. The van der Waals surface area contributed by atoms with Crippen LogP contribution in [0.15, 0.2) is 48.5 Å². The zero-order valence-electron chi connectivity index (χ0n) is 20.0. The molecule has 0 aliphatic carbocycles. The minimum atomic E-state index is -0.115. The molecule has 5 rings (SSSR count). The number of ether oxygens (including phenoxy) is 1. The number of benzene rings is 2. The van der Waals surface area contributed by atoms with E-state index < -0.39 is 0 Å². The second-order valence-electron chi connectivity index (χ2n) is 9.26. The maximum absolute atomic E-state index is 12.8. The summed E-state index contributed by atoms with van der Waals surface area (Å²) in [7, 11) is 2.15. The van der Waals surface area contributed by atoms with Gasteiger partial charge in [0.25, 0.3) is 5.91 Å². The number of amides is 1. The van der Waals surface area contributed by atoms with Gasteiger partial charge in [-0.25, -0.2) is 9.97 Å². The number of likely N-dealkylation sites (N-methyl/N-ethyl adjacent to an activating group) is 1. The number of nitrogens with zero attached hydrogens (tertiary/aromatic N) is 4. The molecule has 0 radical (unpaired) electrons. The Kier molecular flexibility index (Phi) is 6.20. The number of nitrogens with one attached hydrogen (secondary N) is 1. The topological polar surface area (TPSA) is 70.6 Å². The predicted molar refractivity (Wildman–Crippen MR) is 134 cm³/mol. The van der Waals surface area contributed by atoms with Gasteiger partial charge in [0.15, 0.2) is 5.82 Å². The number of aryl methyl sites for hydroxylation is 2. The Morgan fingerprint density at radius 3 is 2.44 bits per heavy atom. The number of aromatic nitrogens is 2. The van der Waals surface area contributed by atoms with Crippen LogP contribution in [0.3, 0.4) is 0 Å². The summed E-state index contributed by atoms with van der Waals surface area (Å²) in [6, 6.07) is 15.9. The summed E-state index contributed by atoms with van der Waals surface area (Å²) in [4.78, 5) is 26.7. The first-order valence-electron chi connectivity index (χ1n) is 11.9. The largest absolute Gasteiger partial charge is 0.487 e. The molecule has 34 heavy (non-hydrogen) atoms. The summed E-state index contributed by atoms with van der Waals surface area (Å²) in [6.45, 7) is 8.53. The molecule has 7 nitrogen and oxygen atoms in total. The SMILES string of the molecule is Cc1cc(C)nc(-c2cccc3c2OC(CNC(=O)c2ccc(N4CCN(C)CC4)cc2)C3)n1. The Labute approximate surface area is 200 Å². The maximum Gasteiger partial charge on any atom is 0.251 e. The predicted octanol–water partition coefficient (Wildman–Crippen LogP) is 3.25. The highest BCUT2D eigenvalue weighted by Crippen LogP contribution is 2.37. The summed E-state index contributed by atoms with van der Waals surface area (Å²) in [6.07, 6.45) is 0.631. The fourth-order valence-electron chi connectivity index (χ4n) is 4.67. The highest BCUT2D eigenvalue weighted by molar-refractivity contribution is 5.94. The van der Waals surface area contributed by atoms with Crippen LogP contribution in [-0.4, -0.2) is 66.7 Å². The number of carbonyl (C=O) groups excluding carboxylic acids is 1. The lowest BCUT2D eigenvalue weighted by Gasteiger charge is -2.34. The first kappa shape index (κ1) is 22.3. The molecule has 0 saturated carbocycles. The van der Waals surface area contributed by atoms with Crippen molar-refractivity contribution in [2.75, 3.05) is 44.7 Å². The molecular weight excluding hydrogens is 426 g/mol. The van der Waals surface area contributed by atoms with E-state index in [1.807, 2.05) is 56.3 Å². The molecule has 1 aromatic heterocycles. The molecule has 7 heteroatoms. The molecule has 1 N–H and O–H groups in total. The van der Waals surface area contributed by atoms with Gasteiger partial charge in [-0.3, -0.25) is 4.79 Å². The molecule has 1 amide bonds. The van der Waals surface area contributed by atoms with Crippen molar-refractivity contribution < 1.29 is 9.53 Å². The lowest BCUT2D eigenvalue weighted by molar-refractivity contribution is 0.0933. The second kappa shape index (κ2) is 9.43. The fraction of sp³-hybridized carbons (Fsp3) is 0.370. The van der Waals surface area contributed by atoms with Crippen molar-refractivity contribution in [3.05, 3.63) is 71.0 Å². The molecule has 1 unspecified atom stereocenters. The Hall–Kier alpha value is -3.45. The van der Waals surface area contributed by atoms with E-state index in [1.165, 1.54) is 5.69 Å². The minimum Gasteiger partial charge on any atom is -0.487 e. The van der Waals surface area contributed by atoms with Crippen LogP contribution in [-0.2, 0) is 6.42 Å². The highest BCUT2D eigenvalue weighted by atomic mass is 16.5. The van der Waals surface area contributed by atoms with Gasteiger partial charge in [0.1, 0.15) is 11.9 Å². The minimum absolute atomic E-state index is 0.0812. The number of anilines is 1. The van der Waals surface area contributed by atoms with E-state index in [0.29, 0.717) is 17.9 Å². The smallest absolute Gasteiger partial charge is 0.251 e. The van der Waals surface area contributed by atoms with Crippen molar-refractivity contribution >= 4 is 11.6 Å². The lowest BCUT2D eigenvalue weighted by Crippen LogP contribution is -2.44. The summed E-state index contributed by atoms with van der Waals surface area (Å²) in [5.41, 5.74) is 5.72. The van der Waals surface area contributed by atoms with Crippen molar-refractivity contribution in [2.45, 2.75) is 26.4 Å². The number of carbonyl (C=O) groups is 1. The van der Waals surface area contributed by atoms with Crippen molar-refractivity contribution in [3.63, 3.8) is 0 Å². The Morgan fingerprint density at radius 1 is 1.03 bits per heavy atom. The average molecular weight is 458 g/mol. The molecule has 1 fully saturated rings. The molecule has 1 saturated heterocycles. The quantitative estimate of drug-likeness (QED) is 0.634. The van der Waals surface area contributed by atoms with Gasteiger partial charge in [0, 0.05) is 55.2 Å². The van der Waals surface area contributed by atoms with Crippen LogP contribution < -0.4 is 15.0 Å². The summed E-state index contributed by atoms with van der Waals surface area (Å²) in [5.74, 6) is 1.42. The third-order valence-corrected chi connectivity index (χ3v) is 6.54. The molecule has 3 heterocycles. The fourth-order valence-corrected chi connectivity index (χ4v) is 4.67. The number of rotatable bonds is 5. The van der Waals surface area contributed by atoms with Gasteiger partial charge in [-0.1, -0.05) is 12.1 Å². The summed E-state index contributed by atoms with van der Waals surface area (Å²) < 4.78 is 6.26. The van der Waals surface area contributed by atoms with E-state index >= 15 is 0 Å². The highest BCUT2D eigenvalue weighted by Gasteiger charge is 2.27. The van der Waals surface area contributed by atoms with E-state index in [9.17, 15) is 4.79 Å². The van der Waals surface area contributed by atoms with E-state index in [-0.39, 0.29) is 12.0 Å². The first-order valence-corrected chi connectivity index (χ1v) is 11.9. The van der Waals surface area contributed by atoms with E-state index in [4.69, 9.17) is 4.74 Å². The molecular formula is C27H31N5O2. The molecule has 176 valence electrons. The van der Waals surface area contributed by atoms with Gasteiger partial charge in [-0.2, -0.15) is 0 Å². The zero-order valence-corrected chi connectivity index (χ0v) is 20.0. The zero-order chi connectivity index (χ0) is 23.7. The van der Waals surface area contributed by atoms with Crippen LogP contribution in [0.5, 0.6) is 5.75 Å². The number of piperazine rings is 1. The third kappa shape index (κ3) is 4.75. The van der Waals surface area contributed by atoms with Crippen molar-refractivity contribution in [2.24, 2.45) is 0 Å². The normalized spacial score (nSPS) is 17.9. The molecule has 2 aliphatic rings. The molecule has 3 aromatic rings. The molecule has 0 spiro atoms. The van der Waals surface area contributed by atoms with Crippen molar-refractivity contribution in [3.8, 4) is 17.1 Å². The monoisotopic (exact) mass is 457 g/mol. The van der Waals surface area contributed by atoms with Gasteiger partial charge >= 0.3 is 0 Å². The third-order valence-electron chi connectivity index (χ3n) is 6.54. The Balaban J connectivity index is 1.21. The van der Waals surface area contributed by atoms with E-state index in [2.05, 4.69) is 38.2 Å². The average Bonchev–Trinajstić information content (AvgIpc) is 3.26. The molecule has 0 bridgehead atoms. The van der Waals surface area contributed by atoms with Crippen LogP contribution in [0.25, 0.3) is 11.4 Å². The van der Waals surface area contributed by atoms with Gasteiger partial charge < -0.3 is 19.9 Å². The first-order chi connectivity index (χ1) is 16.5. The van der Waals surface area contributed by atoms with Crippen LogP contribution in [0, 0.1) is 13.8 Å². The Bertz CT molecular complexity index is 1170.